The summed E-state index contributed by atoms with van der Waals surface area (Å²) in [5, 5.41) is 8.67. The molecule has 0 atom stereocenters. The highest BCUT2D eigenvalue weighted by atomic mass is 32.2. The molecule has 0 amide bonds. The third-order valence-corrected chi connectivity index (χ3v) is 4.91. The number of carboxylic acids is 1. The molecule has 26 heavy (non-hydrogen) atoms. The topological polar surface area (TPSA) is 110 Å². The summed E-state index contributed by atoms with van der Waals surface area (Å²) in [6.07, 6.45) is 0.315. The lowest BCUT2D eigenvalue weighted by Crippen LogP contribution is -2.13. The van der Waals surface area contributed by atoms with Gasteiger partial charge in [0.2, 0.25) is 0 Å². The van der Waals surface area contributed by atoms with E-state index in [0.29, 0.717) is 17.7 Å². The van der Waals surface area contributed by atoms with Crippen LogP contribution in [-0.2, 0) is 26.0 Å². The summed E-state index contributed by atoms with van der Waals surface area (Å²) in [5.74, 6) is -1.38. The summed E-state index contributed by atoms with van der Waals surface area (Å²) in [6.45, 7) is 1.96. The first-order valence-electron chi connectivity index (χ1n) is 7.92. The molecule has 2 aromatic carbocycles. The minimum absolute atomic E-state index is 0.0167. The number of nitrogens with one attached hydrogen (secondary N) is 1. The SMILES string of the molecule is CCOC(=O)c1ccc(NS(=O)(=O)c2ccc(CCC(=O)O)cc2)cc1. The van der Waals surface area contributed by atoms with Crippen LogP contribution < -0.4 is 4.72 Å². The Kier molecular flexibility index (Phi) is 6.35. The Bertz CT molecular complexity index is 873. The minimum atomic E-state index is -3.79. The van der Waals surface area contributed by atoms with Crippen molar-refractivity contribution in [2.75, 3.05) is 11.3 Å². The molecule has 138 valence electrons. The highest BCUT2D eigenvalue weighted by Gasteiger charge is 2.15. The zero-order chi connectivity index (χ0) is 19.2. The molecule has 0 bridgehead atoms. The predicted molar refractivity (Wildman–Crippen MR) is 95.6 cm³/mol. The van der Waals surface area contributed by atoms with Gasteiger partial charge in [-0.2, -0.15) is 0 Å². The van der Waals surface area contributed by atoms with E-state index in [-0.39, 0.29) is 17.9 Å². The van der Waals surface area contributed by atoms with Crippen molar-refractivity contribution in [3.8, 4) is 0 Å². The van der Waals surface area contributed by atoms with Gasteiger partial charge in [0.1, 0.15) is 0 Å². The van der Waals surface area contributed by atoms with Crippen molar-refractivity contribution in [3.63, 3.8) is 0 Å². The monoisotopic (exact) mass is 377 g/mol. The van der Waals surface area contributed by atoms with Crippen molar-refractivity contribution in [2.45, 2.75) is 24.7 Å². The van der Waals surface area contributed by atoms with Gasteiger partial charge in [-0.05, 0) is 55.3 Å². The number of anilines is 1. The second-order valence-corrected chi connectivity index (χ2v) is 7.12. The smallest absolute Gasteiger partial charge is 0.338 e. The normalized spacial score (nSPS) is 11.0. The van der Waals surface area contributed by atoms with Gasteiger partial charge in [0.05, 0.1) is 17.1 Å². The van der Waals surface area contributed by atoms with E-state index in [2.05, 4.69) is 4.72 Å². The highest BCUT2D eigenvalue weighted by Crippen LogP contribution is 2.18. The van der Waals surface area contributed by atoms with Crippen LogP contribution in [0.3, 0.4) is 0 Å². The molecular formula is C18H19NO6S. The van der Waals surface area contributed by atoms with E-state index in [0.717, 1.165) is 5.56 Å². The number of sulfonamides is 1. The lowest BCUT2D eigenvalue weighted by atomic mass is 10.1. The molecule has 0 aliphatic carbocycles. The van der Waals surface area contributed by atoms with Crippen LogP contribution in [-0.4, -0.2) is 32.1 Å². The molecular weight excluding hydrogens is 358 g/mol. The molecule has 0 saturated heterocycles. The van der Waals surface area contributed by atoms with Crippen LogP contribution in [0.4, 0.5) is 5.69 Å². The van der Waals surface area contributed by atoms with Gasteiger partial charge in [-0.1, -0.05) is 12.1 Å². The van der Waals surface area contributed by atoms with Gasteiger partial charge in [0, 0.05) is 12.1 Å². The summed E-state index contributed by atoms with van der Waals surface area (Å²) in [7, 11) is -3.79. The standard InChI is InChI=1S/C18H19NO6S/c1-2-25-18(22)14-6-8-15(9-7-14)19-26(23,24)16-10-3-13(4-11-16)5-12-17(20)21/h3-4,6-11,19H,2,5,12H2,1H3,(H,20,21). The number of carbonyl (C=O) groups is 2. The van der Waals surface area contributed by atoms with E-state index in [1.165, 1.54) is 36.4 Å². The molecule has 0 heterocycles. The molecule has 0 aromatic heterocycles. The van der Waals surface area contributed by atoms with E-state index in [1.54, 1.807) is 19.1 Å². The van der Waals surface area contributed by atoms with Crippen molar-refractivity contribution < 1.29 is 27.9 Å². The zero-order valence-electron chi connectivity index (χ0n) is 14.1. The second-order valence-electron chi connectivity index (χ2n) is 5.44. The molecule has 0 saturated carbocycles. The average Bonchev–Trinajstić information content (AvgIpc) is 2.61. The number of ether oxygens (including phenoxy) is 1. The number of aryl methyl sites for hydroxylation is 1. The minimum Gasteiger partial charge on any atom is -0.481 e. The summed E-state index contributed by atoms with van der Waals surface area (Å²) >= 11 is 0. The Morgan fingerprint density at radius 3 is 2.19 bits per heavy atom. The zero-order valence-corrected chi connectivity index (χ0v) is 15.0. The number of aliphatic carboxylic acids is 1. The maximum absolute atomic E-state index is 12.4. The largest absolute Gasteiger partial charge is 0.481 e. The van der Waals surface area contributed by atoms with Crippen LogP contribution in [0.1, 0.15) is 29.3 Å². The first-order chi connectivity index (χ1) is 12.3. The van der Waals surface area contributed by atoms with Crippen molar-refractivity contribution >= 4 is 27.6 Å². The molecule has 0 radical (unpaired) electrons. The van der Waals surface area contributed by atoms with Crippen LogP contribution in [0.25, 0.3) is 0 Å². The fraction of sp³-hybridized carbons (Fsp3) is 0.222. The lowest BCUT2D eigenvalue weighted by Gasteiger charge is -2.09. The molecule has 0 aliphatic rings. The van der Waals surface area contributed by atoms with Gasteiger partial charge in [0.25, 0.3) is 10.0 Å². The summed E-state index contributed by atoms with van der Waals surface area (Å²) in [6, 6.07) is 11.9. The molecule has 0 spiro atoms. The summed E-state index contributed by atoms with van der Waals surface area (Å²) in [5.41, 5.74) is 1.38. The maximum atomic E-state index is 12.4. The Morgan fingerprint density at radius 1 is 1.04 bits per heavy atom. The van der Waals surface area contributed by atoms with E-state index in [9.17, 15) is 18.0 Å². The summed E-state index contributed by atoms with van der Waals surface area (Å²) in [4.78, 5) is 22.2. The third-order valence-electron chi connectivity index (χ3n) is 3.51. The third kappa shape index (κ3) is 5.32. The quantitative estimate of drug-likeness (QED) is 0.685. The second kappa shape index (κ2) is 8.48. The fourth-order valence-corrected chi connectivity index (χ4v) is 3.25. The maximum Gasteiger partial charge on any atom is 0.338 e. The molecule has 0 fully saturated rings. The van der Waals surface area contributed by atoms with Gasteiger partial charge in [-0.25, -0.2) is 13.2 Å². The van der Waals surface area contributed by atoms with E-state index in [4.69, 9.17) is 9.84 Å². The van der Waals surface area contributed by atoms with Gasteiger partial charge in [-0.3, -0.25) is 9.52 Å². The van der Waals surface area contributed by atoms with Gasteiger partial charge < -0.3 is 9.84 Å². The highest BCUT2D eigenvalue weighted by molar-refractivity contribution is 7.92. The lowest BCUT2D eigenvalue weighted by molar-refractivity contribution is -0.136. The Labute approximate surface area is 151 Å². The Balaban J connectivity index is 2.08. The van der Waals surface area contributed by atoms with Crippen molar-refractivity contribution in [3.05, 3.63) is 59.7 Å². The van der Waals surface area contributed by atoms with Crippen molar-refractivity contribution in [2.24, 2.45) is 0 Å². The van der Waals surface area contributed by atoms with Crippen molar-refractivity contribution in [1.29, 1.82) is 0 Å². The van der Waals surface area contributed by atoms with E-state index >= 15 is 0 Å². The van der Waals surface area contributed by atoms with E-state index in [1.807, 2.05) is 0 Å². The molecule has 7 nitrogen and oxygen atoms in total. The molecule has 0 aliphatic heterocycles. The van der Waals surface area contributed by atoms with Gasteiger partial charge >= 0.3 is 11.9 Å². The Morgan fingerprint density at radius 2 is 1.65 bits per heavy atom. The predicted octanol–water partition coefficient (Wildman–Crippen LogP) is 2.68. The van der Waals surface area contributed by atoms with Gasteiger partial charge in [-0.15, -0.1) is 0 Å². The number of hydrogen-bond acceptors (Lipinski definition) is 5. The van der Waals surface area contributed by atoms with Crippen LogP contribution in [0.2, 0.25) is 0 Å². The first kappa shape index (κ1) is 19.5. The van der Waals surface area contributed by atoms with Crippen molar-refractivity contribution in [1.82, 2.24) is 0 Å². The first-order valence-corrected chi connectivity index (χ1v) is 9.41. The number of rotatable bonds is 8. The van der Waals surface area contributed by atoms with Crippen LogP contribution in [0, 0.1) is 0 Å². The fourth-order valence-electron chi connectivity index (χ4n) is 2.19. The average molecular weight is 377 g/mol. The van der Waals surface area contributed by atoms with E-state index < -0.39 is 22.0 Å². The molecule has 0 unspecified atom stereocenters. The van der Waals surface area contributed by atoms with Crippen LogP contribution in [0.5, 0.6) is 0 Å². The Hall–Kier alpha value is -2.87. The molecule has 8 heteroatoms. The van der Waals surface area contributed by atoms with Crippen LogP contribution in [0.15, 0.2) is 53.4 Å². The summed E-state index contributed by atoms with van der Waals surface area (Å²) < 4.78 is 32.1. The number of esters is 1. The number of hydrogen-bond donors (Lipinski definition) is 2. The molecule has 2 aromatic rings. The molecule has 2 rings (SSSR count). The number of carboxylic acid groups (broad SMARTS) is 1. The molecule has 2 N–H and O–H groups in total. The number of benzene rings is 2. The van der Waals surface area contributed by atoms with Crippen LogP contribution >= 0.6 is 0 Å². The number of carbonyl (C=O) groups excluding carboxylic acids is 1. The van der Waals surface area contributed by atoms with Gasteiger partial charge in [0.15, 0.2) is 0 Å².